The first kappa shape index (κ1) is 12.1. The number of halogens is 1. The minimum Gasteiger partial charge on any atom is -0.506 e. The normalized spacial score (nSPS) is 11.7. The van der Waals surface area contributed by atoms with Gasteiger partial charge in [0.2, 0.25) is 10.0 Å². The SMILES string of the molecule is CC(C)S(=O)(=O)Nc1cc(Cl)ccc1O. The van der Waals surface area contributed by atoms with Crippen molar-refractivity contribution in [3.8, 4) is 5.75 Å². The molecule has 0 radical (unpaired) electrons. The van der Waals surface area contributed by atoms with Gasteiger partial charge in [-0.15, -0.1) is 0 Å². The standard InChI is InChI=1S/C9H12ClNO3S/c1-6(2)15(13,14)11-8-5-7(10)3-4-9(8)12/h3-6,11-12H,1-2H3. The van der Waals surface area contributed by atoms with Crippen LogP contribution in [-0.2, 0) is 10.0 Å². The number of nitrogens with one attached hydrogen (secondary N) is 1. The van der Waals surface area contributed by atoms with Crippen LogP contribution in [0.25, 0.3) is 0 Å². The number of aromatic hydroxyl groups is 1. The second-order valence-corrected chi connectivity index (χ2v) is 6.03. The van der Waals surface area contributed by atoms with E-state index in [1.54, 1.807) is 13.8 Å². The van der Waals surface area contributed by atoms with E-state index in [2.05, 4.69) is 4.72 Å². The molecule has 0 unspecified atom stereocenters. The molecule has 0 saturated heterocycles. The van der Waals surface area contributed by atoms with Crippen molar-refractivity contribution < 1.29 is 13.5 Å². The third-order valence-corrected chi connectivity index (χ3v) is 3.81. The van der Waals surface area contributed by atoms with E-state index in [0.29, 0.717) is 5.02 Å². The zero-order valence-corrected chi connectivity index (χ0v) is 9.93. The first-order chi connectivity index (χ1) is 6.83. The number of benzene rings is 1. The summed E-state index contributed by atoms with van der Waals surface area (Å²) in [6.45, 7) is 3.09. The van der Waals surface area contributed by atoms with E-state index in [4.69, 9.17) is 11.6 Å². The molecule has 0 heterocycles. The van der Waals surface area contributed by atoms with Crippen LogP contribution in [0.4, 0.5) is 5.69 Å². The molecular formula is C9H12ClNO3S. The molecule has 4 nitrogen and oxygen atoms in total. The molecule has 1 aromatic rings. The van der Waals surface area contributed by atoms with E-state index in [1.807, 2.05) is 0 Å². The number of hydrogen-bond donors (Lipinski definition) is 2. The quantitative estimate of drug-likeness (QED) is 0.807. The second-order valence-electron chi connectivity index (χ2n) is 3.36. The van der Waals surface area contributed by atoms with Crippen LogP contribution in [-0.4, -0.2) is 18.8 Å². The lowest BCUT2D eigenvalue weighted by Crippen LogP contribution is -2.22. The molecule has 15 heavy (non-hydrogen) atoms. The van der Waals surface area contributed by atoms with Crippen LogP contribution in [0.5, 0.6) is 5.75 Å². The van der Waals surface area contributed by atoms with Crippen LogP contribution in [0.15, 0.2) is 18.2 Å². The number of phenolic OH excluding ortho intramolecular Hbond substituents is 1. The highest BCUT2D eigenvalue weighted by Crippen LogP contribution is 2.27. The maximum absolute atomic E-state index is 11.5. The fraction of sp³-hybridized carbons (Fsp3) is 0.333. The van der Waals surface area contributed by atoms with Crippen LogP contribution in [0.2, 0.25) is 5.02 Å². The first-order valence-electron chi connectivity index (χ1n) is 4.33. The average Bonchev–Trinajstić information content (AvgIpc) is 2.10. The van der Waals surface area contributed by atoms with Crippen molar-refractivity contribution in [3.63, 3.8) is 0 Å². The summed E-state index contributed by atoms with van der Waals surface area (Å²) in [5.41, 5.74) is 0.0937. The Hall–Kier alpha value is -0.940. The van der Waals surface area contributed by atoms with E-state index in [0.717, 1.165) is 0 Å². The number of rotatable bonds is 3. The zero-order valence-electron chi connectivity index (χ0n) is 8.36. The molecule has 1 rings (SSSR count). The molecule has 0 saturated carbocycles. The zero-order chi connectivity index (χ0) is 11.6. The Kier molecular flexibility index (Phi) is 3.46. The van der Waals surface area contributed by atoms with Gasteiger partial charge in [0, 0.05) is 5.02 Å². The van der Waals surface area contributed by atoms with Crippen LogP contribution < -0.4 is 4.72 Å². The largest absolute Gasteiger partial charge is 0.506 e. The van der Waals surface area contributed by atoms with Crippen LogP contribution in [0, 0.1) is 0 Å². The number of sulfonamides is 1. The molecule has 0 aliphatic heterocycles. The smallest absolute Gasteiger partial charge is 0.235 e. The van der Waals surface area contributed by atoms with Gasteiger partial charge in [-0.2, -0.15) is 0 Å². The molecule has 6 heteroatoms. The van der Waals surface area contributed by atoms with Crippen LogP contribution in [0.1, 0.15) is 13.8 Å². The summed E-state index contributed by atoms with van der Waals surface area (Å²) in [7, 11) is -3.46. The van der Waals surface area contributed by atoms with Gasteiger partial charge in [-0.25, -0.2) is 8.42 Å². The summed E-state index contributed by atoms with van der Waals surface area (Å²) >= 11 is 5.68. The van der Waals surface area contributed by atoms with Gasteiger partial charge in [-0.05, 0) is 32.0 Å². The highest BCUT2D eigenvalue weighted by Gasteiger charge is 2.17. The lowest BCUT2D eigenvalue weighted by atomic mass is 10.3. The Morgan fingerprint density at radius 2 is 2.00 bits per heavy atom. The van der Waals surface area contributed by atoms with E-state index >= 15 is 0 Å². The van der Waals surface area contributed by atoms with E-state index in [1.165, 1.54) is 18.2 Å². The third-order valence-electron chi connectivity index (χ3n) is 1.83. The molecule has 0 aliphatic carbocycles. The van der Waals surface area contributed by atoms with Gasteiger partial charge < -0.3 is 5.11 Å². The van der Waals surface area contributed by atoms with Crippen LogP contribution >= 0.6 is 11.6 Å². The highest BCUT2D eigenvalue weighted by molar-refractivity contribution is 7.93. The predicted molar refractivity (Wildman–Crippen MR) is 60.8 cm³/mol. The molecule has 0 aromatic heterocycles. The average molecular weight is 250 g/mol. The first-order valence-corrected chi connectivity index (χ1v) is 6.25. The van der Waals surface area contributed by atoms with Gasteiger partial charge in [0.1, 0.15) is 5.75 Å². The maximum atomic E-state index is 11.5. The molecule has 0 fully saturated rings. The summed E-state index contributed by atoms with van der Waals surface area (Å²) in [5, 5.41) is 9.18. The lowest BCUT2D eigenvalue weighted by molar-refractivity contribution is 0.477. The molecule has 0 amide bonds. The van der Waals surface area contributed by atoms with Crippen molar-refractivity contribution in [1.82, 2.24) is 0 Å². The predicted octanol–water partition coefficient (Wildman–Crippen LogP) is 2.20. The topological polar surface area (TPSA) is 66.4 Å². The fourth-order valence-corrected chi connectivity index (χ4v) is 1.74. The van der Waals surface area contributed by atoms with Crippen LogP contribution in [0.3, 0.4) is 0 Å². The summed E-state index contributed by atoms with van der Waals surface area (Å²) in [5.74, 6) is -0.149. The number of phenols is 1. The Morgan fingerprint density at radius 3 is 2.53 bits per heavy atom. The van der Waals surface area contributed by atoms with Gasteiger partial charge in [0.05, 0.1) is 10.9 Å². The minimum absolute atomic E-state index is 0.0937. The summed E-state index contributed by atoms with van der Waals surface area (Å²) < 4.78 is 25.3. The summed E-state index contributed by atoms with van der Waals surface area (Å²) in [6.07, 6.45) is 0. The van der Waals surface area contributed by atoms with Crippen molar-refractivity contribution in [2.75, 3.05) is 4.72 Å². The Morgan fingerprint density at radius 1 is 1.40 bits per heavy atom. The highest BCUT2D eigenvalue weighted by atomic mass is 35.5. The lowest BCUT2D eigenvalue weighted by Gasteiger charge is -2.11. The van der Waals surface area contributed by atoms with Crippen molar-refractivity contribution in [2.45, 2.75) is 19.1 Å². The van der Waals surface area contributed by atoms with Gasteiger partial charge in [0.15, 0.2) is 0 Å². The van der Waals surface area contributed by atoms with Gasteiger partial charge in [-0.1, -0.05) is 11.6 Å². The van der Waals surface area contributed by atoms with E-state index < -0.39 is 15.3 Å². The minimum atomic E-state index is -3.46. The van der Waals surface area contributed by atoms with Crippen molar-refractivity contribution in [2.24, 2.45) is 0 Å². The monoisotopic (exact) mass is 249 g/mol. The van der Waals surface area contributed by atoms with Crippen molar-refractivity contribution in [3.05, 3.63) is 23.2 Å². The fourth-order valence-electron chi connectivity index (χ4n) is 0.861. The molecule has 1 aromatic carbocycles. The van der Waals surface area contributed by atoms with Gasteiger partial charge in [0.25, 0.3) is 0 Å². The molecule has 0 bridgehead atoms. The van der Waals surface area contributed by atoms with E-state index in [-0.39, 0.29) is 11.4 Å². The van der Waals surface area contributed by atoms with Gasteiger partial charge in [-0.3, -0.25) is 4.72 Å². The molecule has 84 valence electrons. The maximum Gasteiger partial charge on any atom is 0.235 e. The molecule has 0 aliphatic rings. The number of hydrogen-bond acceptors (Lipinski definition) is 3. The molecule has 0 spiro atoms. The van der Waals surface area contributed by atoms with E-state index in [9.17, 15) is 13.5 Å². The summed E-state index contributed by atoms with van der Waals surface area (Å²) in [4.78, 5) is 0. The third kappa shape index (κ3) is 3.00. The number of anilines is 1. The van der Waals surface area contributed by atoms with Crippen molar-refractivity contribution in [1.29, 1.82) is 0 Å². The van der Waals surface area contributed by atoms with Gasteiger partial charge >= 0.3 is 0 Å². The second kappa shape index (κ2) is 4.28. The summed E-state index contributed by atoms with van der Waals surface area (Å²) in [6, 6.07) is 4.17. The molecule has 2 N–H and O–H groups in total. The Bertz CT molecular complexity index is 456. The van der Waals surface area contributed by atoms with Crippen molar-refractivity contribution >= 4 is 27.3 Å². The molecular weight excluding hydrogens is 238 g/mol. The Balaban J connectivity index is 3.05. The molecule has 0 atom stereocenters. The Labute approximate surface area is 93.9 Å².